The van der Waals surface area contributed by atoms with Crippen LogP contribution in [0.2, 0.25) is 0 Å². The van der Waals surface area contributed by atoms with E-state index in [2.05, 4.69) is 15.5 Å². The molecule has 1 N–H and O–H groups in total. The van der Waals surface area contributed by atoms with Gasteiger partial charge < -0.3 is 5.32 Å². The first-order valence-electron chi connectivity index (χ1n) is 6.37. The molecule has 0 aliphatic heterocycles. The lowest BCUT2D eigenvalue weighted by Crippen LogP contribution is -2.36. The summed E-state index contributed by atoms with van der Waals surface area (Å²) in [6.07, 6.45) is 8.40. The Bertz CT molecular complexity index is 440. The highest BCUT2D eigenvalue weighted by molar-refractivity contribution is 5.76. The molecule has 0 bridgehead atoms. The van der Waals surface area contributed by atoms with Crippen LogP contribution < -0.4 is 5.32 Å². The van der Waals surface area contributed by atoms with Crippen molar-refractivity contribution in [3.05, 3.63) is 12.2 Å². The van der Waals surface area contributed by atoms with Gasteiger partial charge in [0.25, 0.3) is 0 Å². The van der Waals surface area contributed by atoms with E-state index in [9.17, 15) is 4.79 Å². The number of aromatic nitrogens is 3. The molecule has 0 spiro atoms. The fourth-order valence-corrected chi connectivity index (χ4v) is 2.31. The average molecular weight is 247 g/mol. The number of amides is 1. The molecule has 1 fully saturated rings. The Morgan fingerprint density at radius 3 is 2.83 bits per heavy atom. The maximum Gasteiger partial charge on any atom is 0.240 e. The lowest BCUT2D eigenvalue weighted by Gasteiger charge is -2.16. The van der Waals surface area contributed by atoms with E-state index < -0.39 is 0 Å². The van der Waals surface area contributed by atoms with Crippen LogP contribution in [0.25, 0.3) is 0 Å². The van der Waals surface area contributed by atoms with Crippen LogP contribution in [-0.2, 0) is 11.3 Å². The largest absolute Gasteiger partial charge is 0.352 e. The predicted octanol–water partition coefficient (Wildman–Crippen LogP) is 0.989. The Balaban J connectivity index is 1.86. The Hall–Kier alpha value is -1.90. The van der Waals surface area contributed by atoms with E-state index in [0.29, 0.717) is 0 Å². The maximum atomic E-state index is 11.9. The van der Waals surface area contributed by atoms with Crippen LogP contribution >= 0.6 is 0 Å². The van der Waals surface area contributed by atoms with Crippen LogP contribution in [0.5, 0.6) is 0 Å². The molecule has 1 aromatic rings. The number of hydrogen-bond acceptors (Lipinski definition) is 4. The van der Waals surface area contributed by atoms with Gasteiger partial charge in [0.15, 0.2) is 0 Å². The van der Waals surface area contributed by atoms with E-state index in [1.807, 2.05) is 6.07 Å². The highest BCUT2D eigenvalue weighted by Crippen LogP contribution is 2.17. The predicted molar refractivity (Wildman–Crippen MR) is 64.4 cm³/mol. The van der Waals surface area contributed by atoms with E-state index in [-0.39, 0.29) is 24.3 Å². The Morgan fingerprint density at radius 2 is 2.17 bits per heavy atom. The summed E-state index contributed by atoms with van der Waals surface area (Å²) < 4.78 is 1.46. The van der Waals surface area contributed by atoms with Gasteiger partial charge in [-0.25, -0.2) is 0 Å². The second-order valence-electron chi connectivity index (χ2n) is 4.65. The molecule has 6 nitrogen and oxygen atoms in total. The molecule has 0 atom stereocenters. The normalized spacial score (nSPS) is 16.8. The lowest BCUT2D eigenvalue weighted by molar-refractivity contribution is -0.122. The molecular formula is C12H17N5O. The lowest BCUT2D eigenvalue weighted by atomic mass is 10.1. The smallest absolute Gasteiger partial charge is 0.240 e. The Kier molecular flexibility index (Phi) is 4.29. The summed E-state index contributed by atoms with van der Waals surface area (Å²) in [7, 11) is 0. The van der Waals surface area contributed by atoms with Gasteiger partial charge in [0.2, 0.25) is 11.7 Å². The standard InChI is InChI=1S/C12H17N5O/c13-7-11-16-14-9-17(11)8-12(18)15-10-5-3-1-2-4-6-10/h9-10H,1-6,8H2,(H,15,18). The summed E-state index contributed by atoms with van der Waals surface area (Å²) in [6.45, 7) is 0.117. The molecule has 1 amide bonds. The van der Waals surface area contributed by atoms with Crippen LogP contribution in [0.1, 0.15) is 44.3 Å². The van der Waals surface area contributed by atoms with E-state index in [0.717, 1.165) is 12.8 Å². The summed E-state index contributed by atoms with van der Waals surface area (Å²) in [5.41, 5.74) is 0. The van der Waals surface area contributed by atoms with Crippen molar-refractivity contribution in [3.8, 4) is 6.07 Å². The Labute approximate surface area is 106 Å². The molecule has 1 aliphatic rings. The topological polar surface area (TPSA) is 83.6 Å². The first-order chi connectivity index (χ1) is 8.79. The van der Waals surface area contributed by atoms with E-state index in [4.69, 9.17) is 5.26 Å². The highest BCUT2D eigenvalue weighted by atomic mass is 16.2. The minimum Gasteiger partial charge on any atom is -0.352 e. The third-order valence-electron chi connectivity index (χ3n) is 3.25. The zero-order valence-corrected chi connectivity index (χ0v) is 10.3. The van der Waals surface area contributed by atoms with Gasteiger partial charge in [-0.3, -0.25) is 9.36 Å². The molecule has 0 aromatic carbocycles. The molecule has 1 aliphatic carbocycles. The van der Waals surface area contributed by atoms with Crippen LogP contribution in [0.3, 0.4) is 0 Å². The van der Waals surface area contributed by atoms with Gasteiger partial charge in [0.1, 0.15) is 18.9 Å². The number of nitriles is 1. The van der Waals surface area contributed by atoms with Crippen LogP contribution in [-0.4, -0.2) is 26.7 Å². The molecule has 0 radical (unpaired) electrons. The summed E-state index contributed by atoms with van der Waals surface area (Å²) in [6, 6.07) is 2.18. The van der Waals surface area contributed by atoms with Gasteiger partial charge in [-0.1, -0.05) is 25.7 Å². The van der Waals surface area contributed by atoms with Crippen molar-refractivity contribution in [1.82, 2.24) is 20.1 Å². The van der Waals surface area contributed by atoms with Gasteiger partial charge >= 0.3 is 0 Å². The van der Waals surface area contributed by atoms with Crippen molar-refractivity contribution in [2.75, 3.05) is 0 Å². The van der Waals surface area contributed by atoms with E-state index >= 15 is 0 Å². The second-order valence-corrected chi connectivity index (χ2v) is 4.65. The van der Waals surface area contributed by atoms with E-state index in [1.54, 1.807) is 0 Å². The quantitative estimate of drug-likeness (QED) is 0.807. The summed E-state index contributed by atoms with van der Waals surface area (Å²) in [5.74, 6) is 0.101. The first kappa shape index (κ1) is 12.6. The van der Waals surface area contributed by atoms with Gasteiger partial charge in [-0.05, 0) is 12.8 Å². The van der Waals surface area contributed by atoms with E-state index in [1.165, 1.54) is 36.6 Å². The number of rotatable bonds is 3. The molecule has 2 rings (SSSR count). The molecule has 0 unspecified atom stereocenters. The molecule has 18 heavy (non-hydrogen) atoms. The summed E-state index contributed by atoms with van der Waals surface area (Å²) >= 11 is 0. The average Bonchev–Trinajstić information content (AvgIpc) is 2.64. The van der Waals surface area contributed by atoms with Crippen molar-refractivity contribution in [2.45, 2.75) is 51.1 Å². The zero-order valence-electron chi connectivity index (χ0n) is 10.3. The summed E-state index contributed by atoms with van der Waals surface area (Å²) in [5, 5.41) is 19.0. The van der Waals surface area contributed by atoms with Gasteiger partial charge in [-0.2, -0.15) is 5.26 Å². The summed E-state index contributed by atoms with van der Waals surface area (Å²) in [4.78, 5) is 11.9. The zero-order chi connectivity index (χ0) is 12.8. The third-order valence-corrected chi connectivity index (χ3v) is 3.25. The number of nitrogens with one attached hydrogen (secondary N) is 1. The SMILES string of the molecule is N#Cc1nncn1CC(=O)NC1CCCCCC1. The first-order valence-corrected chi connectivity index (χ1v) is 6.37. The van der Waals surface area contributed by atoms with Crippen molar-refractivity contribution in [3.63, 3.8) is 0 Å². The van der Waals surface area contributed by atoms with Crippen molar-refractivity contribution in [2.24, 2.45) is 0 Å². The number of carbonyl (C=O) groups is 1. The maximum absolute atomic E-state index is 11.9. The minimum atomic E-state index is -0.0711. The van der Waals surface area contributed by atoms with Crippen molar-refractivity contribution in [1.29, 1.82) is 5.26 Å². The van der Waals surface area contributed by atoms with Crippen molar-refractivity contribution < 1.29 is 4.79 Å². The number of hydrogen-bond donors (Lipinski definition) is 1. The van der Waals surface area contributed by atoms with Gasteiger partial charge in [0.05, 0.1) is 0 Å². The van der Waals surface area contributed by atoms with Crippen molar-refractivity contribution >= 4 is 5.91 Å². The van der Waals surface area contributed by atoms with Gasteiger partial charge in [0, 0.05) is 6.04 Å². The minimum absolute atomic E-state index is 0.0711. The molecule has 6 heteroatoms. The number of carbonyl (C=O) groups excluding carboxylic acids is 1. The fraction of sp³-hybridized carbons (Fsp3) is 0.667. The molecular weight excluding hydrogens is 230 g/mol. The molecule has 1 aromatic heterocycles. The Morgan fingerprint density at radius 1 is 1.44 bits per heavy atom. The monoisotopic (exact) mass is 247 g/mol. The van der Waals surface area contributed by atoms with Crippen LogP contribution in [0.4, 0.5) is 0 Å². The second kappa shape index (κ2) is 6.15. The van der Waals surface area contributed by atoms with Crippen LogP contribution in [0.15, 0.2) is 6.33 Å². The van der Waals surface area contributed by atoms with Gasteiger partial charge in [-0.15, -0.1) is 10.2 Å². The number of nitrogens with zero attached hydrogens (tertiary/aromatic N) is 4. The third kappa shape index (κ3) is 3.29. The fourth-order valence-electron chi connectivity index (χ4n) is 2.31. The van der Waals surface area contributed by atoms with Crippen LogP contribution in [0, 0.1) is 11.3 Å². The molecule has 0 saturated heterocycles. The molecule has 1 saturated carbocycles. The molecule has 1 heterocycles. The highest BCUT2D eigenvalue weighted by Gasteiger charge is 2.15. The molecule has 96 valence electrons.